The van der Waals surface area contributed by atoms with Crippen LogP contribution in [0.2, 0.25) is 0 Å². The molecule has 0 N–H and O–H groups in total. The Kier molecular flexibility index (Phi) is 9.17. The zero-order chi connectivity index (χ0) is 14.5. The quantitative estimate of drug-likeness (QED) is 0.250. The Morgan fingerprint density at radius 1 is 0.471 bits per heavy atom. The molecule has 0 aromatic heterocycles. The summed E-state index contributed by atoms with van der Waals surface area (Å²) >= 11 is 36.6. The van der Waals surface area contributed by atoms with Gasteiger partial charge in [-0.05, 0) is 15.9 Å². The molecule has 0 heterocycles. The fourth-order valence-corrected chi connectivity index (χ4v) is 8.11. The molecule has 0 aliphatic heterocycles. The van der Waals surface area contributed by atoms with Crippen molar-refractivity contribution in [3.05, 3.63) is 0 Å². The van der Waals surface area contributed by atoms with Gasteiger partial charge in [0.1, 0.15) is 3.23 Å². The van der Waals surface area contributed by atoms with Crippen molar-refractivity contribution in [2.75, 3.05) is 0 Å². The van der Waals surface area contributed by atoms with Crippen LogP contribution in [0.1, 0.15) is 0 Å². The number of alkyl halides is 11. The van der Waals surface area contributed by atoms with Gasteiger partial charge in [-0.3, -0.25) is 0 Å². The highest BCUT2D eigenvalue weighted by atomic mass is 80.0. The number of hydrogen-bond acceptors (Lipinski definition) is 0. The largest absolute Gasteiger partial charge is 0.219 e. The number of rotatable bonds is 2. The van der Waals surface area contributed by atoms with Crippen LogP contribution in [0.15, 0.2) is 0 Å². The van der Waals surface area contributed by atoms with Crippen molar-refractivity contribution in [3.63, 3.8) is 0 Å². The average molecular weight is 955 g/mol. The van der Waals surface area contributed by atoms with Crippen molar-refractivity contribution < 1.29 is 5.11 Å². The second-order valence-corrected chi connectivity index (χ2v) is 24.3. The highest BCUT2D eigenvalue weighted by Gasteiger charge is 2.70. The molecular formula is C5Br11O. The van der Waals surface area contributed by atoms with Gasteiger partial charge < -0.3 is 0 Å². The minimum absolute atomic E-state index is 0.811. The smallest absolute Gasteiger partial charge is 0.211 e. The maximum atomic E-state index is 12.8. The van der Waals surface area contributed by atoms with Crippen molar-refractivity contribution in [1.29, 1.82) is 0 Å². The highest BCUT2D eigenvalue weighted by Crippen LogP contribution is 2.70. The van der Waals surface area contributed by atoms with E-state index in [4.69, 9.17) is 0 Å². The van der Waals surface area contributed by atoms with E-state index in [0.717, 1.165) is 0 Å². The summed E-state index contributed by atoms with van der Waals surface area (Å²) < 4.78 is -5.86. The molecule has 0 aliphatic rings. The topological polar surface area (TPSA) is 19.9 Å². The van der Waals surface area contributed by atoms with Crippen molar-refractivity contribution >= 4 is 175 Å². The zero-order valence-electron chi connectivity index (χ0n) is 7.07. The first-order valence-electron chi connectivity index (χ1n) is 3.28. The molecule has 1 radical (unpaired) electrons. The minimum Gasteiger partial charge on any atom is -0.211 e. The van der Waals surface area contributed by atoms with Crippen LogP contribution in [0, 0.1) is 0 Å². The van der Waals surface area contributed by atoms with Crippen molar-refractivity contribution in [3.8, 4) is 0 Å². The lowest BCUT2D eigenvalue weighted by molar-refractivity contribution is 0.0658. The molecule has 17 heavy (non-hydrogen) atoms. The van der Waals surface area contributed by atoms with Crippen LogP contribution in [0.25, 0.3) is 0 Å². The third-order valence-corrected chi connectivity index (χ3v) is 18.8. The summed E-state index contributed by atoms with van der Waals surface area (Å²) in [6.07, 6.45) is 0. The van der Waals surface area contributed by atoms with Crippen LogP contribution in [-0.4, -0.2) is 15.3 Å². The van der Waals surface area contributed by atoms with Crippen molar-refractivity contribution in [1.82, 2.24) is 0 Å². The van der Waals surface area contributed by atoms with Gasteiger partial charge in [0.25, 0.3) is 0 Å². The molecular weight excluding hydrogens is 955 g/mol. The second-order valence-electron chi connectivity index (χ2n) is 2.74. The normalized spacial score (nSPS) is 19.1. The van der Waals surface area contributed by atoms with E-state index >= 15 is 0 Å². The molecule has 0 aromatic rings. The molecule has 1 nitrogen and oxygen atoms in total. The summed E-state index contributed by atoms with van der Waals surface area (Å²) in [5.74, 6) is 0. The van der Waals surface area contributed by atoms with Gasteiger partial charge in [0.15, 0.2) is 7.52 Å². The molecule has 0 rings (SSSR count). The van der Waals surface area contributed by atoms with Gasteiger partial charge in [-0.1, -0.05) is 159 Å². The second kappa shape index (κ2) is 7.01. The van der Waals surface area contributed by atoms with E-state index in [1.165, 1.54) is 0 Å². The molecule has 0 saturated heterocycles. The Hall–Kier alpha value is 5.24. The summed E-state index contributed by atoms with van der Waals surface area (Å²) in [7, 11) is 0. The lowest BCUT2D eigenvalue weighted by atomic mass is 10.2. The molecule has 0 spiro atoms. The molecule has 0 fully saturated rings. The van der Waals surface area contributed by atoms with Crippen LogP contribution in [0.3, 0.4) is 0 Å². The first kappa shape index (κ1) is 22.2. The standard InChI is InChI=1S/C5Br11O/c6-1(7,2(8,9)4(11,12)13)3(10,17)5(14,15)16. The number of halogens is 11. The van der Waals surface area contributed by atoms with Gasteiger partial charge in [0.2, 0.25) is 4.51 Å². The van der Waals surface area contributed by atoms with E-state index < -0.39 is 15.3 Å². The lowest BCUT2D eigenvalue weighted by Gasteiger charge is -2.48. The summed E-state index contributed by atoms with van der Waals surface area (Å²) in [4.78, 5) is 0. The molecule has 12 heteroatoms. The maximum Gasteiger partial charge on any atom is 0.219 e. The van der Waals surface area contributed by atoms with Crippen LogP contribution >= 0.6 is 175 Å². The van der Waals surface area contributed by atoms with Crippen LogP contribution in [0.4, 0.5) is 0 Å². The fourth-order valence-electron chi connectivity index (χ4n) is 0.558. The van der Waals surface area contributed by atoms with Gasteiger partial charge >= 0.3 is 0 Å². The van der Waals surface area contributed by atoms with Crippen molar-refractivity contribution in [2.45, 2.75) is 15.3 Å². The Labute approximate surface area is 192 Å². The van der Waals surface area contributed by atoms with Gasteiger partial charge in [-0.2, -0.15) is 0 Å². The van der Waals surface area contributed by atoms with Gasteiger partial charge in [0, 0.05) is 0 Å². The SMILES string of the molecule is [O]C(Br)(C(Br)(Br)Br)C(Br)(Br)C(Br)(Br)C(Br)(Br)Br. The fraction of sp³-hybridized carbons (Fsp3) is 1.00. The Balaban J connectivity index is 5.73. The van der Waals surface area contributed by atoms with Gasteiger partial charge in [-0.25, -0.2) is 5.11 Å². The Bertz CT molecular complexity index is 255. The van der Waals surface area contributed by atoms with Gasteiger partial charge in [0.05, 0.1) is 0 Å². The van der Waals surface area contributed by atoms with E-state index in [1.807, 2.05) is 0 Å². The monoisotopic (exact) mass is 944 g/mol. The first-order chi connectivity index (χ1) is 7.00. The highest BCUT2D eigenvalue weighted by molar-refractivity contribution is 9.42. The molecule has 1 atom stereocenters. The molecule has 0 amide bonds. The van der Waals surface area contributed by atoms with Gasteiger partial charge in [-0.15, -0.1) is 0 Å². The first-order valence-corrected chi connectivity index (χ1v) is 12.0. The summed E-state index contributed by atoms with van der Waals surface area (Å²) in [5.41, 5.74) is 0. The molecule has 1 unspecified atom stereocenters. The maximum absolute atomic E-state index is 12.8. The average Bonchev–Trinajstić information content (AvgIpc) is 1.98. The predicted molar refractivity (Wildman–Crippen MR) is 113 cm³/mol. The van der Waals surface area contributed by atoms with E-state index in [1.54, 1.807) is 0 Å². The Morgan fingerprint density at radius 2 is 0.765 bits per heavy atom. The summed E-state index contributed by atoms with van der Waals surface area (Å²) in [6, 6.07) is 0. The van der Waals surface area contributed by atoms with Crippen LogP contribution in [-0.2, 0) is 5.11 Å². The molecule has 0 saturated carbocycles. The summed E-state index contributed by atoms with van der Waals surface area (Å²) in [5, 5.41) is 12.8. The zero-order valence-corrected chi connectivity index (χ0v) is 24.5. The van der Waals surface area contributed by atoms with E-state index in [-0.39, 0.29) is 0 Å². The number of hydrogen-bond donors (Lipinski definition) is 0. The van der Waals surface area contributed by atoms with Crippen LogP contribution in [0.5, 0.6) is 0 Å². The van der Waals surface area contributed by atoms with Crippen molar-refractivity contribution in [2.24, 2.45) is 0 Å². The molecule has 0 bridgehead atoms. The lowest BCUT2D eigenvalue weighted by Crippen LogP contribution is -2.60. The third kappa shape index (κ3) is 4.62. The van der Waals surface area contributed by atoms with E-state index in [2.05, 4.69) is 175 Å². The van der Waals surface area contributed by atoms with Crippen LogP contribution < -0.4 is 0 Å². The van der Waals surface area contributed by atoms with E-state index in [0.29, 0.717) is 0 Å². The minimum atomic E-state index is -1.76. The summed E-state index contributed by atoms with van der Waals surface area (Å²) in [6.45, 7) is 0. The predicted octanol–water partition coefficient (Wildman–Crippen LogP) is 8.16. The molecule has 103 valence electrons. The molecule has 0 aromatic carbocycles. The third-order valence-electron chi connectivity index (χ3n) is 1.52. The molecule has 0 aliphatic carbocycles. The van der Waals surface area contributed by atoms with E-state index in [9.17, 15) is 5.11 Å². The Morgan fingerprint density at radius 3 is 0.941 bits per heavy atom.